The highest BCUT2D eigenvalue weighted by molar-refractivity contribution is 9.10. The van der Waals surface area contributed by atoms with E-state index in [-0.39, 0.29) is 0 Å². The maximum atomic E-state index is 12.8. The largest absolute Gasteiger partial charge is 0.240 e. The van der Waals surface area contributed by atoms with Crippen LogP contribution < -0.4 is 0 Å². The topological polar surface area (TPSA) is 25.8 Å². The molecule has 0 radical (unpaired) electrons. The fourth-order valence-electron chi connectivity index (χ4n) is 0.835. The summed E-state index contributed by atoms with van der Waals surface area (Å²) in [7, 11) is 0. The number of halogens is 2. The minimum absolute atomic E-state index is 0.322. The van der Waals surface area contributed by atoms with E-state index in [2.05, 4.69) is 32.8 Å². The molecule has 1 rings (SSSR count). The van der Waals surface area contributed by atoms with Crippen molar-refractivity contribution in [2.75, 3.05) is 0 Å². The summed E-state index contributed by atoms with van der Waals surface area (Å²) in [5.41, 5.74) is 0. The molecular formula is C8H10BrFN2. The van der Waals surface area contributed by atoms with Gasteiger partial charge in [-0.25, -0.2) is 9.97 Å². The third kappa shape index (κ3) is 2.52. The summed E-state index contributed by atoms with van der Waals surface area (Å²) in [6.45, 7) is 2.08. The van der Waals surface area contributed by atoms with Gasteiger partial charge in [0.1, 0.15) is 5.82 Å². The summed E-state index contributed by atoms with van der Waals surface area (Å²) in [5.74, 6) is 0.105. The maximum absolute atomic E-state index is 12.8. The summed E-state index contributed by atoms with van der Waals surface area (Å²) in [6.07, 6.45) is 4.27. The van der Waals surface area contributed by atoms with Gasteiger partial charge in [0.15, 0.2) is 0 Å². The molecule has 1 aromatic rings. The van der Waals surface area contributed by atoms with Gasteiger partial charge in [-0.3, -0.25) is 0 Å². The van der Waals surface area contributed by atoms with Gasteiger partial charge in [0.05, 0.1) is 4.47 Å². The first-order chi connectivity index (χ1) is 5.74. The van der Waals surface area contributed by atoms with Crippen molar-refractivity contribution in [2.45, 2.75) is 26.2 Å². The van der Waals surface area contributed by atoms with Crippen LogP contribution in [0.5, 0.6) is 0 Å². The third-order valence-electron chi connectivity index (χ3n) is 1.51. The average molecular weight is 233 g/mol. The summed E-state index contributed by atoms with van der Waals surface area (Å²) in [5, 5.41) is 0. The molecule has 12 heavy (non-hydrogen) atoms. The number of aromatic nitrogens is 2. The third-order valence-corrected chi connectivity index (χ3v) is 2.04. The van der Waals surface area contributed by atoms with Gasteiger partial charge in [-0.1, -0.05) is 13.3 Å². The van der Waals surface area contributed by atoms with Crippen molar-refractivity contribution in [1.82, 2.24) is 9.97 Å². The van der Waals surface area contributed by atoms with Crippen LogP contribution >= 0.6 is 15.9 Å². The molecular weight excluding hydrogens is 223 g/mol. The summed E-state index contributed by atoms with van der Waals surface area (Å²) >= 11 is 3.00. The van der Waals surface area contributed by atoms with E-state index in [0.717, 1.165) is 19.3 Å². The van der Waals surface area contributed by atoms with Crippen LogP contribution in [0.25, 0.3) is 0 Å². The predicted octanol–water partition coefficient (Wildman–Crippen LogP) is 2.72. The molecule has 4 heteroatoms. The quantitative estimate of drug-likeness (QED) is 0.750. The van der Waals surface area contributed by atoms with E-state index in [4.69, 9.17) is 0 Å². The molecule has 0 aliphatic heterocycles. The molecule has 0 aliphatic carbocycles. The average Bonchev–Trinajstić information content (AvgIpc) is 2.07. The number of rotatable bonds is 3. The molecule has 0 bridgehead atoms. The Labute approximate surface area is 79.4 Å². The Morgan fingerprint density at radius 3 is 2.92 bits per heavy atom. The number of unbranched alkanes of at least 4 members (excludes halogenated alkanes) is 1. The van der Waals surface area contributed by atoms with Crippen molar-refractivity contribution in [1.29, 1.82) is 0 Å². The van der Waals surface area contributed by atoms with Gasteiger partial charge in [0, 0.05) is 12.6 Å². The molecule has 0 aliphatic rings. The van der Waals surface area contributed by atoms with Crippen LogP contribution in [-0.4, -0.2) is 9.97 Å². The van der Waals surface area contributed by atoms with E-state index in [9.17, 15) is 4.39 Å². The fraction of sp³-hybridized carbons (Fsp3) is 0.500. The minimum Gasteiger partial charge on any atom is -0.240 e. The number of hydrogen-bond acceptors (Lipinski definition) is 2. The van der Waals surface area contributed by atoms with Crippen molar-refractivity contribution < 1.29 is 4.39 Å². The van der Waals surface area contributed by atoms with Crippen molar-refractivity contribution in [3.05, 3.63) is 22.4 Å². The lowest BCUT2D eigenvalue weighted by Gasteiger charge is -1.98. The van der Waals surface area contributed by atoms with Crippen LogP contribution in [0.4, 0.5) is 4.39 Å². The van der Waals surface area contributed by atoms with E-state index >= 15 is 0 Å². The number of aryl methyl sites for hydroxylation is 1. The molecule has 66 valence electrons. The Bertz CT molecular complexity index is 265. The SMILES string of the molecule is CCCCc1ncc(Br)c(F)n1. The molecule has 0 N–H and O–H groups in total. The second-order valence-corrected chi connectivity index (χ2v) is 3.38. The first-order valence-corrected chi connectivity index (χ1v) is 4.70. The predicted molar refractivity (Wildman–Crippen MR) is 48.3 cm³/mol. The van der Waals surface area contributed by atoms with Crippen molar-refractivity contribution >= 4 is 15.9 Å². The zero-order valence-electron chi connectivity index (χ0n) is 6.85. The van der Waals surface area contributed by atoms with E-state index < -0.39 is 5.95 Å². The molecule has 1 heterocycles. The highest BCUT2D eigenvalue weighted by Gasteiger charge is 2.02. The first-order valence-electron chi connectivity index (χ1n) is 3.91. The van der Waals surface area contributed by atoms with E-state index in [1.165, 1.54) is 6.20 Å². The molecule has 0 unspecified atom stereocenters. The number of hydrogen-bond donors (Lipinski definition) is 0. The van der Waals surface area contributed by atoms with Gasteiger partial charge < -0.3 is 0 Å². The van der Waals surface area contributed by atoms with Gasteiger partial charge in [-0.2, -0.15) is 4.39 Å². The lowest BCUT2D eigenvalue weighted by molar-refractivity contribution is 0.559. The zero-order valence-corrected chi connectivity index (χ0v) is 8.44. The molecule has 2 nitrogen and oxygen atoms in total. The Kier molecular flexibility index (Phi) is 3.59. The van der Waals surface area contributed by atoms with Gasteiger partial charge in [-0.05, 0) is 22.4 Å². The number of nitrogens with zero attached hydrogens (tertiary/aromatic N) is 2. The molecule has 0 fully saturated rings. The molecule has 0 spiro atoms. The van der Waals surface area contributed by atoms with E-state index in [1.54, 1.807) is 0 Å². The normalized spacial score (nSPS) is 10.2. The van der Waals surface area contributed by atoms with Crippen molar-refractivity contribution in [3.63, 3.8) is 0 Å². The van der Waals surface area contributed by atoms with Crippen LogP contribution in [-0.2, 0) is 6.42 Å². The Balaban J connectivity index is 2.69. The lowest BCUT2D eigenvalue weighted by atomic mass is 10.2. The van der Waals surface area contributed by atoms with Crippen LogP contribution in [0.1, 0.15) is 25.6 Å². The van der Waals surface area contributed by atoms with Crippen LogP contribution in [0, 0.1) is 5.95 Å². The molecule has 0 atom stereocenters. The second kappa shape index (κ2) is 4.50. The van der Waals surface area contributed by atoms with Crippen molar-refractivity contribution in [2.24, 2.45) is 0 Å². The van der Waals surface area contributed by atoms with Gasteiger partial charge >= 0.3 is 0 Å². The van der Waals surface area contributed by atoms with Crippen LogP contribution in [0.15, 0.2) is 10.7 Å². The zero-order chi connectivity index (χ0) is 8.97. The summed E-state index contributed by atoms with van der Waals surface area (Å²) in [4.78, 5) is 7.66. The van der Waals surface area contributed by atoms with Gasteiger partial charge in [-0.15, -0.1) is 0 Å². The molecule has 0 saturated carbocycles. The van der Waals surface area contributed by atoms with Gasteiger partial charge in [0.2, 0.25) is 5.95 Å². The molecule has 1 aromatic heterocycles. The Hall–Kier alpha value is -0.510. The minimum atomic E-state index is -0.476. The highest BCUT2D eigenvalue weighted by atomic mass is 79.9. The summed E-state index contributed by atoms with van der Waals surface area (Å²) in [6, 6.07) is 0. The Morgan fingerprint density at radius 2 is 2.33 bits per heavy atom. The standard InChI is InChI=1S/C8H10BrFN2/c1-2-3-4-7-11-5-6(9)8(10)12-7/h5H,2-4H2,1H3. The summed E-state index contributed by atoms with van der Waals surface area (Å²) < 4.78 is 13.1. The van der Waals surface area contributed by atoms with Crippen LogP contribution in [0.2, 0.25) is 0 Å². The first kappa shape index (κ1) is 9.58. The van der Waals surface area contributed by atoms with Crippen LogP contribution in [0.3, 0.4) is 0 Å². The van der Waals surface area contributed by atoms with E-state index in [0.29, 0.717) is 10.3 Å². The van der Waals surface area contributed by atoms with Gasteiger partial charge in [0.25, 0.3) is 0 Å². The fourth-order valence-corrected chi connectivity index (χ4v) is 1.03. The highest BCUT2D eigenvalue weighted by Crippen LogP contribution is 2.11. The van der Waals surface area contributed by atoms with Crippen molar-refractivity contribution in [3.8, 4) is 0 Å². The second-order valence-electron chi connectivity index (χ2n) is 2.53. The molecule has 0 saturated heterocycles. The smallest absolute Gasteiger partial charge is 0.230 e. The maximum Gasteiger partial charge on any atom is 0.230 e. The Morgan fingerprint density at radius 1 is 1.58 bits per heavy atom. The monoisotopic (exact) mass is 232 g/mol. The van der Waals surface area contributed by atoms with E-state index in [1.807, 2.05) is 0 Å². The lowest BCUT2D eigenvalue weighted by Crippen LogP contribution is -1.97. The molecule has 0 amide bonds. The molecule has 0 aromatic carbocycles.